The van der Waals surface area contributed by atoms with Crippen molar-refractivity contribution in [2.24, 2.45) is 0 Å². The van der Waals surface area contributed by atoms with E-state index in [9.17, 15) is 0 Å². The van der Waals surface area contributed by atoms with Crippen LogP contribution in [0.15, 0.2) is 18.3 Å². The number of nitrogens with zero attached hydrogens (tertiary/aromatic N) is 4. The van der Waals surface area contributed by atoms with Crippen molar-refractivity contribution in [3.05, 3.63) is 24.2 Å². The molecule has 0 aliphatic carbocycles. The molecule has 0 aromatic carbocycles. The number of methoxy groups -OCH3 is 1. The Labute approximate surface area is 132 Å². The maximum absolute atomic E-state index is 5.20. The van der Waals surface area contributed by atoms with Crippen LogP contribution in [-0.4, -0.2) is 52.8 Å². The molecule has 1 aliphatic heterocycles. The van der Waals surface area contributed by atoms with E-state index in [4.69, 9.17) is 9.72 Å². The van der Waals surface area contributed by atoms with Gasteiger partial charge in [-0.05, 0) is 45.0 Å². The van der Waals surface area contributed by atoms with Gasteiger partial charge in [0.1, 0.15) is 11.3 Å². The summed E-state index contributed by atoms with van der Waals surface area (Å²) in [5.41, 5.74) is 2.01. The molecule has 0 N–H and O–H groups in total. The molecule has 1 aliphatic rings. The lowest BCUT2D eigenvalue weighted by Crippen LogP contribution is -2.38. The van der Waals surface area contributed by atoms with E-state index in [2.05, 4.69) is 27.6 Å². The van der Waals surface area contributed by atoms with Gasteiger partial charge in [-0.15, -0.1) is 0 Å². The van der Waals surface area contributed by atoms with E-state index in [1.165, 1.54) is 31.6 Å². The van der Waals surface area contributed by atoms with Crippen molar-refractivity contribution in [1.82, 2.24) is 19.4 Å². The molecular formula is C17H26N4O. The summed E-state index contributed by atoms with van der Waals surface area (Å²) in [4.78, 5) is 11.9. The van der Waals surface area contributed by atoms with E-state index in [1.807, 2.05) is 12.3 Å². The molecule has 0 spiro atoms. The first kappa shape index (κ1) is 15.4. The van der Waals surface area contributed by atoms with Crippen molar-refractivity contribution in [3.63, 3.8) is 0 Å². The average Bonchev–Trinajstić information content (AvgIpc) is 2.88. The Balaban J connectivity index is 1.84. The molecule has 3 rings (SSSR count). The van der Waals surface area contributed by atoms with Crippen LogP contribution in [0.2, 0.25) is 0 Å². The number of hydrogen-bond donors (Lipinski definition) is 0. The first-order valence-electron chi connectivity index (χ1n) is 8.29. The first-order chi connectivity index (χ1) is 10.8. The summed E-state index contributed by atoms with van der Waals surface area (Å²) in [7, 11) is 3.99. The van der Waals surface area contributed by atoms with Gasteiger partial charge in [0.15, 0.2) is 5.65 Å². The molecule has 3 heterocycles. The van der Waals surface area contributed by atoms with Crippen molar-refractivity contribution >= 4 is 11.2 Å². The predicted octanol–water partition coefficient (Wildman–Crippen LogP) is 2.49. The van der Waals surface area contributed by atoms with Crippen LogP contribution in [0.5, 0.6) is 0 Å². The summed E-state index contributed by atoms with van der Waals surface area (Å²) >= 11 is 0. The number of aromatic nitrogens is 3. The number of pyridine rings is 1. The van der Waals surface area contributed by atoms with Crippen LogP contribution in [0.1, 0.15) is 31.5 Å². The number of likely N-dealkylation sites (tertiary alicyclic amines) is 1. The monoisotopic (exact) mass is 302 g/mol. The smallest absolute Gasteiger partial charge is 0.159 e. The third-order valence-electron chi connectivity index (χ3n) is 4.65. The number of imidazole rings is 1. The predicted molar refractivity (Wildman–Crippen MR) is 88.0 cm³/mol. The number of rotatable bonds is 6. The maximum Gasteiger partial charge on any atom is 0.159 e. The van der Waals surface area contributed by atoms with Gasteiger partial charge in [-0.2, -0.15) is 0 Å². The SMILES string of the molecule is COCCCn1c(CC2CCCCN2C)nc2cccnc21. The third-order valence-corrected chi connectivity index (χ3v) is 4.65. The number of fused-ring (bicyclic) bond motifs is 1. The van der Waals surface area contributed by atoms with Crippen molar-refractivity contribution < 1.29 is 4.74 Å². The quantitative estimate of drug-likeness (QED) is 0.769. The molecule has 0 bridgehead atoms. The molecule has 120 valence electrons. The lowest BCUT2D eigenvalue weighted by atomic mass is 10.00. The van der Waals surface area contributed by atoms with Gasteiger partial charge < -0.3 is 14.2 Å². The molecule has 0 saturated carbocycles. The molecule has 2 aromatic rings. The van der Waals surface area contributed by atoms with Crippen molar-refractivity contribution in [1.29, 1.82) is 0 Å². The largest absolute Gasteiger partial charge is 0.385 e. The van der Waals surface area contributed by atoms with Crippen molar-refractivity contribution in [2.45, 2.75) is 44.7 Å². The molecule has 1 saturated heterocycles. The zero-order valence-corrected chi connectivity index (χ0v) is 13.7. The van der Waals surface area contributed by atoms with Gasteiger partial charge in [-0.25, -0.2) is 9.97 Å². The van der Waals surface area contributed by atoms with E-state index < -0.39 is 0 Å². The van der Waals surface area contributed by atoms with Crippen LogP contribution in [-0.2, 0) is 17.7 Å². The lowest BCUT2D eigenvalue weighted by molar-refractivity contribution is 0.179. The third kappa shape index (κ3) is 3.31. The maximum atomic E-state index is 5.20. The Morgan fingerprint density at radius 2 is 2.27 bits per heavy atom. The average molecular weight is 302 g/mol. The molecular weight excluding hydrogens is 276 g/mol. The zero-order chi connectivity index (χ0) is 15.4. The second kappa shape index (κ2) is 7.20. The summed E-state index contributed by atoms with van der Waals surface area (Å²) in [6.45, 7) is 2.90. The summed E-state index contributed by atoms with van der Waals surface area (Å²) < 4.78 is 7.49. The fourth-order valence-electron chi connectivity index (χ4n) is 3.38. The van der Waals surface area contributed by atoms with E-state index in [0.29, 0.717) is 6.04 Å². The minimum absolute atomic E-state index is 0.603. The molecule has 0 radical (unpaired) electrons. The highest BCUT2D eigenvalue weighted by Gasteiger charge is 2.22. The molecule has 5 heteroatoms. The summed E-state index contributed by atoms with van der Waals surface area (Å²) in [5.74, 6) is 1.17. The minimum atomic E-state index is 0.603. The minimum Gasteiger partial charge on any atom is -0.385 e. The van der Waals surface area contributed by atoms with Gasteiger partial charge in [0.2, 0.25) is 0 Å². The van der Waals surface area contributed by atoms with Gasteiger partial charge >= 0.3 is 0 Å². The fourth-order valence-corrected chi connectivity index (χ4v) is 3.38. The topological polar surface area (TPSA) is 43.2 Å². The van der Waals surface area contributed by atoms with Gasteiger partial charge in [-0.1, -0.05) is 6.42 Å². The van der Waals surface area contributed by atoms with Crippen LogP contribution in [0.4, 0.5) is 0 Å². The Hall–Kier alpha value is -1.46. The number of ether oxygens (including phenoxy) is 1. The number of likely N-dealkylation sites (N-methyl/N-ethyl adjacent to an activating group) is 1. The van der Waals surface area contributed by atoms with Crippen LogP contribution in [0.3, 0.4) is 0 Å². The van der Waals surface area contributed by atoms with E-state index in [-0.39, 0.29) is 0 Å². The normalized spacial score (nSPS) is 19.8. The highest BCUT2D eigenvalue weighted by atomic mass is 16.5. The van der Waals surface area contributed by atoms with Gasteiger partial charge in [0.25, 0.3) is 0 Å². The molecule has 5 nitrogen and oxygen atoms in total. The van der Waals surface area contributed by atoms with Crippen molar-refractivity contribution in [2.75, 3.05) is 27.3 Å². The van der Waals surface area contributed by atoms with Gasteiger partial charge in [0.05, 0.1) is 0 Å². The Bertz CT molecular complexity index is 610. The fraction of sp³-hybridized carbons (Fsp3) is 0.647. The summed E-state index contributed by atoms with van der Waals surface area (Å²) in [6.07, 6.45) is 7.78. The Morgan fingerprint density at radius 3 is 3.09 bits per heavy atom. The Morgan fingerprint density at radius 1 is 1.36 bits per heavy atom. The molecule has 1 fully saturated rings. The number of piperidine rings is 1. The van der Waals surface area contributed by atoms with Crippen LogP contribution >= 0.6 is 0 Å². The van der Waals surface area contributed by atoms with Crippen LogP contribution < -0.4 is 0 Å². The molecule has 1 unspecified atom stereocenters. The number of aryl methyl sites for hydroxylation is 1. The van der Waals surface area contributed by atoms with E-state index in [1.54, 1.807) is 7.11 Å². The van der Waals surface area contributed by atoms with Crippen molar-refractivity contribution in [3.8, 4) is 0 Å². The van der Waals surface area contributed by atoms with E-state index in [0.717, 1.165) is 37.2 Å². The second-order valence-corrected chi connectivity index (χ2v) is 6.21. The number of hydrogen-bond acceptors (Lipinski definition) is 4. The standard InChI is InChI=1S/C17H26N4O/c1-20-10-4-3-7-14(20)13-16-19-15-8-5-9-18-17(15)21(16)11-6-12-22-2/h5,8-9,14H,3-4,6-7,10-13H2,1-2H3. The molecule has 1 atom stereocenters. The van der Waals surface area contributed by atoms with Gasteiger partial charge in [0, 0.05) is 38.9 Å². The van der Waals surface area contributed by atoms with Gasteiger partial charge in [-0.3, -0.25) is 0 Å². The summed E-state index contributed by atoms with van der Waals surface area (Å²) in [5, 5.41) is 0. The van der Waals surface area contributed by atoms with E-state index >= 15 is 0 Å². The zero-order valence-electron chi connectivity index (χ0n) is 13.7. The van der Waals surface area contributed by atoms with Crippen LogP contribution in [0.25, 0.3) is 11.2 Å². The lowest BCUT2D eigenvalue weighted by Gasteiger charge is -2.32. The van der Waals surface area contributed by atoms with Crippen LogP contribution in [0, 0.1) is 0 Å². The highest BCUT2D eigenvalue weighted by Crippen LogP contribution is 2.21. The Kier molecular flexibility index (Phi) is 5.05. The second-order valence-electron chi connectivity index (χ2n) is 6.21. The molecule has 22 heavy (non-hydrogen) atoms. The molecule has 0 amide bonds. The highest BCUT2D eigenvalue weighted by molar-refractivity contribution is 5.71. The first-order valence-corrected chi connectivity index (χ1v) is 8.29. The summed E-state index contributed by atoms with van der Waals surface area (Å²) in [6, 6.07) is 4.63. The molecule has 2 aromatic heterocycles.